The minimum absolute atomic E-state index is 0.0680. The summed E-state index contributed by atoms with van der Waals surface area (Å²) < 4.78 is 4.86. The molecule has 0 bridgehead atoms. The molecule has 1 amide bonds. The Morgan fingerprint density at radius 1 is 1.28 bits per heavy atom. The smallest absolute Gasteiger partial charge is 0.354 e. The first-order valence-electron chi connectivity index (χ1n) is 5.16. The molecular formula is C12H10N2O4. The second-order valence-corrected chi connectivity index (χ2v) is 3.53. The molecule has 0 atom stereocenters. The maximum atomic E-state index is 11.7. The molecule has 0 radical (unpaired) electrons. The van der Waals surface area contributed by atoms with Gasteiger partial charge in [0.2, 0.25) is 0 Å². The number of carboxylic acids is 1. The van der Waals surface area contributed by atoms with Crippen molar-refractivity contribution in [1.29, 1.82) is 0 Å². The van der Waals surface area contributed by atoms with Crippen molar-refractivity contribution in [2.45, 2.75) is 6.54 Å². The second-order valence-electron chi connectivity index (χ2n) is 3.53. The predicted molar refractivity (Wildman–Crippen MR) is 61.1 cm³/mol. The summed E-state index contributed by atoms with van der Waals surface area (Å²) in [5, 5.41) is 11.4. The molecule has 92 valence electrons. The van der Waals surface area contributed by atoms with Crippen LogP contribution in [0.2, 0.25) is 0 Å². The standard InChI is InChI=1S/C12H10N2O4/c15-11(13-6-8-4-5-18-7-8)9-2-1-3-10(14-9)12(16)17/h1-5,7H,6H2,(H,13,15)(H,16,17). The molecule has 0 aromatic carbocycles. The summed E-state index contributed by atoms with van der Waals surface area (Å²) in [6.45, 7) is 0.300. The zero-order chi connectivity index (χ0) is 13.0. The van der Waals surface area contributed by atoms with Gasteiger partial charge in [-0.2, -0.15) is 0 Å². The minimum atomic E-state index is -1.17. The van der Waals surface area contributed by atoms with Gasteiger partial charge in [-0.15, -0.1) is 0 Å². The van der Waals surface area contributed by atoms with Crippen molar-refractivity contribution in [3.8, 4) is 0 Å². The summed E-state index contributed by atoms with van der Waals surface area (Å²) in [5.74, 6) is -1.60. The van der Waals surface area contributed by atoms with E-state index in [9.17, 15) is 9.59 Å². The van der Waals surface area contributed by atoms with Crippen molar-refractivity contribution in [2.75, 3.05) is 0 Å². The van der Waals surface area contributed by atoms with Crippen LogP contribution < -0.4 is 5.32 Å². The first kappa shape index (κ1) is 11.8. The number of rotatable bonds is 4. The van der Waals surface area contributed by atoms with Crippen LogP contribution in [-0.4, -0.2) is 22.0 Å². The third-order valence-electron chi connectivity index (χ3n) is 2.23. The van der Waals surface area contributed by atoms with Crippen LogP contribution in [0.3, 0.4) is 0 Å². The van der Waals surface area contributed by atoms with E-state index in [-0.39, 0.29) is 11.4 Å². The summed E-state index contributed by atoms with van der Waals surface area (Å²) >= 11 is 0. The highest BCUT2D eigenvalue weighted by Gasteiger charge is 2.11. The van der Waals surface area contributed by atoms with Crippen molar-refractivity contribution in [2.24, 2.45) is 0 Å². The summed E-state index contributed by atoms with van der Waals surface area (Å²) in [7, 11) is 0. The van der Waals surface area contributed by atoms with E-state index in [2.05, 4.69) is 10.3 Å². The first-order chi connectivity index (χ1) is 8.66. The largest absolute Gasteiger partial charge is 0.477 e. The lowest BCUT2D eigenvalue weighted by Crippen LogP contribution is -2.24. The average Bonchev–Trinajstić information content (AvgIpc) is 2.89. The van der Waals surface area contributed by atoms with Crippen molar-refractivity contribution in [3.05, 3.63) is 53.7 Å². The molecule has 2 aromatic rings. The van der Waals surface area contributed by atoms with Crippen LogP contribution in [0, 0.1) is 0 Å². The Kier molecular flexibility index (Phi) is 3.38. The van der Waals surface area contributed by atoms with Crippen LogP contribution in [0.4, 0.5) is 0 Å². The summed E-state index contributed by atoms with van der Waals surface area (Å²) in [4.78, 5) is 26.2. The van der Waals surface area contributed by atoms with Crippen molar-refractivity contribution < 1.29 is 19.1 Å². The van der Waals surface area contributed by atoms with E-state index in [1.54, 1.807) is 6.07 Å². The lowest BCUT2D eigenvalue weighted by Gasteiger charge is -2.03. The highest BCUT2D eigenvalue weighted by Crippen LogP contribution is 2.02. The average molecular weight is 246 g/mol. The highest BCUT2D eigenvalue weighted by molar-refractivity contribution is 5.94. The van der Waals surface area contributed by atoms with Gasteiger partial charge in [0.15, 0.2) is 0 Å². The van der Waals surface area contributed by atoms with E-state index < -0.39 is 11.9 Å². The number of carbonyl (C=O) groups is 2. The first-order valence-corrected chi connectivity index (χ1v) is 5.16. The molecule has 0 saturated heterocycles. The third kappa shape index (κ3) is 2.73. The number of pyridine rings is 1. The lowest BCUT2D eigenvalue weighted by molar-refractivity contribution is 0.0690. The second kappa shape index (κ2) is 5.13. The zero-order valence-electron chi connectivity index (χ0n) is 9.29. The molecule has 2 aromatic heterocycles. The Morgan fingerprint density at radius 3 is 2.72 bits per heavy atom. The van der Waals surface area contributed by atoms with Gasteiger partial charge in [0.05, 0.1) is 12.5 Å². The number of nitrogens with one attached hydrogen (secondary N) is 1. The van der Waals surface area contributed by atoms with E-state index in [1.807, 2.05) is 0 Å². The molecular weight excluding hydrogens is 236 g/mol. The quantitative estimate of drug-likeness (QED) is 0.848. The van der Waals surface area contributed by atoms with E-state index in [4.69, 9.17) is 9.52 Å². The van der Waals surface area contributed by atoms with Crippen molar-refractivity contribution in [1.82, 2.24) is 10.3 Å². The third-order valence-corrected chi connectivity index (χ3v) is 2.23. The molecule has 0 unspecified atom stereocenters. The molecule has 0 aliphatic carbocycles. The number of furan rings is 1. The fraction of sp³-hybridized carbons (Fsp3) is 0.0833. The minimum Gasteiger partial charge on any atom is -0.477 e. The molecule has 0 spiro atoms. The topological polar surface area (TPSA) is 92.4 Å². The van der Waals surface area contributed by atoms with Gasteiger partial charge in [-0.25, -0.2) is 9.78 Å². The molecule has 0 saturated carbocycles. The Hall–Kier alpha value is -2.63. The number of nitrogens with zero attached hydrogens (tertiary/aromatic N) is 1. The molecule has 2 heterocycles. The normalized spacial score (nSPS) is 10.0. The summed E-state index contributed by atoms with van der Waals surface area (Å²) in [6.07, 6.45) is 3.02. The summed E-state index contributed by atoms with van der Waals surface area (Å²) in [6, 6.07) is 5.98. The number of amides is 1. The van der Waals surface area contributed by atoms with Crippen LogP contribution in [0.25, 0.3) is 0 Å². The maximum absolute atomic E-state index is 11.7. The number of carbonyl (C=O) groups excluding carboxylic acids is 1. The van der Waals surface area contributed by atoms with Crippen LogP contribution >= 0.6 is 0 Å². The number of hydrogen-bond donors (Lipinski definition) is 2. The van der Waals surface area contributed by atoms with Gasteiger partial charge >= 0.3 is 5.97 Å². The van der Waals surface area contributed by atoms with Crippen LogP contribution in [0.5, 0.6) is 0 Å². The monoisotopic (exact) mass is 246 g/mol. The van der Waals surface area contributed by atoms with Gasteiger partial charge in [0.1, 0.15) is 11.4 Å². The number of aromatic carboxylic acids is 1. The molecule has 0 aliphatic heterocycles. The van der Waals surface area contributed by atoms with Gasteiger partial charge in [-0.05, 0) is 18.2 Å². The van der Waals surface area contributed by atoms with Crippen molar-refractivity contribution in [3.63, 3.8) is 0 Å². The van der Waals surface area contributed by atoms with Gasteiger partial charge in [-0.1, -0.05) is 6.07 Å². The van der Waals surface area contributed by atoms with Gasteiger partial charge < -0.3 is 14.8 Å². The van der Waals surface area contributed by atoms with E-state index in [0.717, 1.165) is 5.56 Å². The Balaban J connectivity index is 2.04. The number of carboxylic acid groups (broad SMARTS) is 1. The molecule has 2 N–H and O–H groups in total. The van der Waals surface area contributed by atoms with Gasteiger partial charge in [-0.3, -0.25) is 4.79 Å². The fourth-order valence-electron chi connectivity index (χ4n) is 1.35. The number of aromatic nitrogens is 1. The van der Waals surface area contributed by atoms with Crippen LogP contribution in [0.1, 0.15) is 26.5 Å². The van der Waals surface area contributed by atoms with Crippen LogP contribution in [-0.2, 0) is 6.54 Å². The van der Waals surface area contributed by atoms with E-state index >= 15 is 0 Å². The SMILES string of the molecule is O=C(O)c1cccc(C(=O)NCc2ccoc2)n1. The zero-order valence-corrected chi connectivity index (χ0v) is 9.29. The lowest BCUT2D eigenvalue weighted by atomic mass is 10.2. The number of hydrogen-bond acceptors (Lipinski definition) is 4. The molecule has 6 nitrogen and oxygen atoms in total. The Morgan fingerprint density at radius 2 is 2.06 bits per heavy atom. The Bertz CT molecular complexity index is 563. The van der Waals surface area contributed by atoms with Crippen LogP contribution in [0.15, 0.2) is 41.2 Å². The molecule has 0 aliphatic rings. The fourth-order valence-corrected chi connectivity index (χ4v) is 1.35. The van der Waals surface area contributed by atoms with Crippen molar-refractivity contribution >= 4 is 11.9 Å². The molecule has 0 fully saturated rings. The summed E-state index contributed by atoms with van der Waals surface area (Å²) in [5.41, 5.74) is 0.724. The van der Waals surface area contributed by atoms with Gasteiger partial charge in [0, 0.05) is 12.1 Å². The predicted octanol–water partition coefficient (Wildman–Crippen LogP) is 1.30. The molecule has 2 rings (SSSR count). The van der Waals surface area contributed by atoms with Gasteiger partial charge in [0.25, 0.3) is 5.91 Å². The van der Waals surface area contributed by atoms with E-state index in [0.29, 0.717) is 6.54 Å². The maximum Gasteiger partial charge on any atom is 0.354 e. The Labute approximate surface area is 102 Å². The molecule has 18 heavy (non-hydrogen) atoms. The highest BCUT2D eigenvalue weighted by atomic mass is 16.4. The van der Waals surface area contributed by atoms with E-state index in [1.165, 1.54) is 30.7 Å². The molecule has 6 heteroatoms.